The van der Waals surface area contributed by atoms with Gasteiger partial charge in [-0.15, -0.1) is 0 Å². The fourth-order valence-electron chi connectivity index (χ4n) is 16.7. The van der Waals surface area contributed by atoms with Crippen molar-refractivity contribution in [3.8, 4) is 62.9 Å². The highest BCUT2D eigenvalue weighted by molar-refractivity contribution is 7.90. The second kappa shape index (κ2) is 36.8. The summed E-state index contributed by atoms with van der Waals surface area (Å²) in [5, 5.41) is 115. The zero-order valence-electron chi connectivity index (χ0n) is 64.8. The largest absolute Gasteiger partial charge is 0.508 e. The SMILES string of the molecule is CCOCCOCCOc1ccc(S(=O)(=O)NC(=O)C[C@@H]2NC(=O)[C@H](NC(=O)[C@@H](CC(C)C)NC)[C@H](O)c3ccc(c(Cl)c3)Oc3cc4cc(c3O[C@@H]3O[C@H](CN)[C@@H](O)[C@H](O)[C@H]3O)Oc3ccc(cc3Cl)[C@@H](O)[C@@H]3NC(=O)[C@H](NC(=O)[C@@H]4NC2=O)c2ccc(O)c(c2)-c2c(O)cc(O)cc2[C@@H](C(=O)NC2C4CC5CC(C4)CC2C5)NC3=O)cc1. The number of nitrogens with two attached hydrogens (primary N) is 1. The van der Waals surface area contributed by atoms with Crippen LogP contribution in [0.4, 0.5) is 0 Å². The van der Waals surface area contributed by atoms with E-state index in [1.807, 2.05) is 11.6 Å². The van der Waals surface area contributed by atoms with Gasteiger partial charge < -0.3 is 122 Å². The van der Waals surface area contributed by atoms with Crippen LogP contribution in [0, 0.1) is 29.6 Å². The van der Waals surface area contributed by atoms with Gasteiger partial charge in [-0.25, -0.2) is 13.1 Å². The maximum absolute atomic E-state index is 16.5. The number of sulfonamides is 1. The minimum atomic E-state index is -4.93. The Morgan fingerprint density at radius 1 is 0.622 bits per heavy atom. The number of rotatable bonds is 22. The highest BCUT2D eigenvalue weighted by Crippen LogP contribution is 2.55. The minimum Gasteiger partial charge on any atom is -0.508 e. The third-order valence-electron chi connectivity index (χ3n) is 22.4. The molecule has 6 aromatic rings. The number of aliphatic hydroxyl groups excluding tert-OH is 5. The Bertz CT molecular complexity index is 4940. The normalized spacial score (nSPS) is 27.5. The molecular formula is C81H94Cl2N10O25S. The van der Waals surface area contributed by atoms with Crippen molar-refractivity contribution < 1.29 is 121 Å². The molecule has 0 radical (unpaired) electrons. The van der Waals surface area contributed by atoms with Gasteiger partial charge in [-0.2, -0.15) is 0 Å². The Morgan fingerprint density at radius 3 is 1.85 bits per heavy atom. The maximum atomic E-state index is 16.5. The van der Waals surface area contributed by atoms with Crippen molar-refractivity contribution in [3.63, 3.8) is 0 Å². The highest BCUT2D eigenvalue weighted by Gasteiger charge is 2.51. The van der Waals surface area contributed by atoms with Crippen LogP contribution in [-0.4, -0.2) is 204 Å². The van der Waals surface area contributed by atoms with Crippen molar-refractivity contribution >= 4 is 80.5 Å². The van der Waals surface area contributed by atoms with E-state index in [1.165, 1.54) is 37.4 Å². The van der Waals surface area contributed by atoms with E-state index in [1.54, 1.807) is 13.8 Å². The smallest absolute Gasteiger partial charge is 0.264 e. The minimum absolute atomic E-state index is 0.0460. The van der Waals surface area contributed by atoms with E-state index in [0.717, 1.165) is 105 Å². The molecule has 119 heavy (non-hydrogen) atoms. The molecule has 19 N–H and O–H groups in total. The fourth-order valence-corrected chi connectivity index (χ4v) is 18.2. The van der Waals surface area contributed by atoms with Crippen molar-refractivity contribution in [1.82, 2.24) is 47.3 Å². The molecule has 35 nitrogen and oxygen atoms in total. The summed E-state index contributed by atoms with van der Waals surface area (Å²) in [6.07, 6.45) is -10.6. The third kappa shape index (κ3) is 19.2. The van der Waals surface area contributed by atoms with Crippen LogP contribution in [0.25, 0.3) is 11.1 Å². The number of aliphatic hydroxyl groups is 5. The quantitative estimate of drug-likeness (QED) is 0.0434. The van der Waals surface area contributed by atoms with Gasteiger partial charge in [0, 0.05) is 36.4 Å². The Labute approximate surface area is 692 Å². The number of ether oxygens (including phenoxy) is 7. The van der Waals surface area contributed by atoms with Crippen molar-refractivity contribution in [2.75, 3.05) is 46.6 Å². The number of phenolic OH excluding ortho intramolecular Hbond substituents is 3. The standard InChI is InChI=1S/C81H94Cl2N10O25S/c1-5-112-16-17-113-18-19-114-45-9-11-46(12-10-45)119(110,111)93-60(97)33-52-75(104)88-64-43-29-57(115-55-14-7-39(27-49(55)82)68(98)66(79(108)86-52)91-74(103)51(85-4)20-35(2)3)73(118-81-72(102)71(101)70(100)59(34-84)117-81)58(30-43)116-56-15-8-40(28-50(56)83)69(99)67-80(109)90-65(78(107)87-62-41-22-36-21-37(24-41)25-42(62)23-36)48-31-44(94)32-54(96)61(48)47-26-38(6-13-53(47)95)63(76(105)92-67)89-77(64)106/h6-15,26-32,35-37,41-42,51-52,59,62-72,81,85,94-96,98-102H,5,16-25,33-34,84H2,1-4H3,(H,86,108)(H,87,107)(H,88,104)(H,89,106)(H,90,109)(H,91,103)(H,92,105)(H,93,97)/t36?,37?,41?,42?,51-,52+,59-,62?,63-,64-,65+,66-,67+,68-,69-,70-,71+,72-,81+/m1/s1. The van der Waals surface area contributed by atoms with Gasteiger partial charge in [0.05, 0.1) is 47.2 Å². The summed E-state index contributed by atoms with van der Waals surface area (Å²) in [4.78, 5) is 123. The van der Waals surface area contributed by atoms with Crippen molar-refractivity contribution in [2.24, 2.45) is 35.3 Å². The molecule has 38 heteroatoms. The first-order valence-corrected chi connectivity index (χ1v) is 41.2. The van der Waals surface area contributed by atoms with Crippen molar-refractivity contribution in [3.05, 3.63) is 141 Å². The maximum Gasteiger partial charge on any atom is 0.264 e. The molecule has 0 spiro atoms. The molecule has 5 fully saturated rings. The predicted molar refractivity (Wildman–Crippen MR) is 422 cm³/mol. The zero-order valence-corrected chi connectivity index (χ0v) is 67.1. The summed E-state index contributed by atoms with van der Waals surface area (Å²) < 4.78 is 72.5. The second-order valence-electron chi connectivity index (χ2n) is 31.1. The average Bonchev–Trinajstić information content (AvgIpc) is 0.757. The number of hydrogen-bond donors (Lipinski definition) is 18. The second-order valence-corrected chi connectivity index (χ2v) is 33.5. The Morgan fingerprint density at radius 2 is 1.23 bits per heavy atom. The zero-order chi connectivity index (χ0) is 85.2. The van der Waals surface area contributed by atoms with Crippen LogP contribution >= 0.6 is 23.2 Å². The van der Waals surface area contributed by atoms with Crippen LogP contribution in [0.1, 0.15) is 124 Å². The lowest BCUT2D eigenvalue weighted by Gasteiger charge is -2.54. The molecule has 6 aliphatic heterocycles. The van der Waals surface area contributed by atoms with E-state index in [4.69, 9.17) is 62.1 Å². The lowest BCUT2D eigenvalue weighted by atomic mass is 9.54. The molecule has 8 amide bonds. The number of nitrogens with one attached hydrogen (secondary N) is 9. The number of phenols is 3. The summed E-state index contributed by atoms with van der Waals surface area (Å²) >= 11 is 14.3. The van der Waals surface area contributed by atoms with Gasteiger partial charge in [0.2, 0.25) is 59.3 Å². The number of carbonyl (C=O) groups excluding carboxylic acids is 8. The van der Waals surface area contributed by atoms with E-state index in [-0.39, 0.29) is 106 Å². The lowest BCUT2D eigenvalue weighted by molar-refractivity contribution is -0.270. The molecule has 0 aromatic heterocycles. The number of halogens is 2. The molecule has 638 valence electrons. The van der Waals surface area contributed by atoms with Crippen molar-refractivity contribution in [1.29, 1.82) is 0 Å². The van der Waals surface area contributed by atoms with Crippen LogP contribution < -0.4 is 71.9 Å². The summed E-state index contributed by atoms with van der Waals surface area (Å²) in [7, 11) is -3.47. The molecule has 15 bridgehead atoms. The van der Waals surface area contributed by atoms with E-state index in [2.05, 4.69) is 42.5 Å². The van der Waals surface area contributed by atoms with Crippen LogP contribution in [-0.2, 0) is 62.6 Å². The van der Waals surface area contributed by atoms with Gasteiger partial charge in [-0.3, -0.25) is 38.4 Å². The van der Waals surface area contributed by atoms with E-state index in [0.29, 0.717) is 25.0 Å². The van der Waals surface area contributed by atoms with Crippen LogP contribution in [0.5, 0.6) is 51.7 Å². The fraction of sp³-hybridized carbons (Fsp3) is 0.457. The Balaban J connectivity index is 0.976. The van der Waals surface area contributed by atoms with Gasteiger partial charge in [-0.05, 0) is 189 Å². The molecule has 4 saturated carbocycles. The van der Waals surface area contributed by atoms with Gasteiger partial charge in [0.1, 0.15) is 114 Å². The van der Waals surface area contributed by atoms with Gasteiger partial charge in [0.25, 0.3) is 10.0 Å². The molecular weight excluding hydrogens is 1620 g/mol. The number of fused-ring (bicyclic) bond motifs is 15. The number of amides is 8. The number of aromatic hydroxyl groups is 3. The van der Waals surface area contributed by atoms with Crippen LogP contribution in [0.3, 0.4) is 0 Å². The van der Waals surface area contributed by atoms with E-state index < -0.39 is 205 Å². The lowest BCUT2D eigenvalue weighted by Crippen LogP contribution is -2.60. The molecule has 6 aromatic carbocycles. The van der Waals surface area contributed by atoms with Gasteiger partial charge in [-0.1, -0.05) is 55.2 Å². The van der Waals surface area contributed by atoms with Crippen LogP contribution in [0.15, 0.2) is 108 Å². The Hall–Kier alpha value is -10.2. The molecule has 0 unspecified atom stereocenters. The van der Waals surface area contributed by atoms with Crippen LogP contribution in [0.2, 0.25) is 10.0 Å². The predicted octanol–water partition coefficient (Wildman–Crippen LogP) is 3.14. The van der Waals surface area contributed by atoms with E-state index >= 15 is 28.8 Å². The highest BCUT2D eigenvalue weighted by atomic mass is 35.5. The summed E-state index contributed by atoms with van der Waals surface area (Å²) in [6.45, 7) is 6.26. The molecule has 14 atom stereocenters. The van der Waals surface area contributed by atoms with Crippen molar-refractivity contribution in [2.45, 2.75) is 162 Å². The number of likely N-dealkylation sites (N-methyl/N-ethyl adjacent to an activating group) is 1. The molecule has 16 rings (SSSR count). The monoisotopic (exact) mass is 1710 g/mol. The first-order chi connectivity index (χ1) is 56.8. The first kappa shape index (κ1) is 86.7. The Kier molecular flexibility index (Phi) is 26.8. The van der Waals surface area contributed by atoms with Gasteiger partial charge >= 0.3 is 0 Å². The van der Waals surface area contributed by atoms with E-state index in [9.17, 15) is 58.9 Å². The molecule has 6 heterocycles. The molecule has 4 aliphatic carbocycles. The molecule has 10 aliphatic rings. The third-order valence-corrected chi connectivity index (χ3v) is 24.4. The number of carbonyl (C=O) groups is 8. The topological polar surface area (TPSA) is 531 Å². The number of hydrogen-bond acceptors (Lipinski definition) is 27. The average molecular weight is 1710 g/mol. The summed E-state index contributed by atoms with van der Waals surface area (Å²) in [5.74, 6) is -14.0. The first-order valence-electron chi connectivity index (χ1n) is 39.0. The number of benzene rings is 6. The summed E-state index contributed by atoms with van der Waals surface area (Å²) in [5.41, 5.74) is 3.65. The summed E-state index contributed by atoms with van der Waals surface area (Å²) in [6, 6.07) is 4.16. The molecule has 1 saturated heterocycles. The van der Waals surface area contributed by atoms with Gasteiger partial charge in [0.15, 0.2) is 11.5 Å².